The van der Waals surface area contributed by atoms with Crippen LogP contribution in [0, 0.1) is 0 Å². The maximum atomic E-state index is 12.8. The standard InChI is InChI=1S/C23H17F3N2O3/c24-23(25,26)14-27-21(30)16-9-6-10-17(13-16)28-22(31)19-12-5-4-11-18(19)20(29)15-7-2-1-3-8-15/h1-13H,14H2,(H,27,30)(H,28,31). The highest BCUT2D eigenvalue weighted by Gasteiger charge is 2.28. The van der Waals surface area contributed by atoms with Gasteiger partial charge in [0.25, 0.3) is 11.8 Å². The van der Waals surface area contributed by atoms with Crippen LogP contribution in [0.3, 0.4) is 0 Å². The molecule has 0 aliphatic carbocycles. The van der Waals surface area contributed by atoms with Crippen LogP contribution in [-0.2, 0) is 0 Å². The largest absolute Gasteiger partial charge is 0.405 e. The smallest absolute Gasteiger partial charge is 0.343 e. The van der Waals surface area contributed by atoms with Gasteiger partial charge in [-0.15, -0.1) is 0 Å². The van der Waals surface area contributed by atoms with E-state index in [-0.39, 0.29) is 28.2 Å². The lowest BCUT2D eigenvalue weighted by atomic mass is 9.98. The first-order chi connectivity index (χ1) is 14.7. The lowest BCUT2D eigenvalue weighted by Crippen LogP contribution is -2.33. The summed E-state index contributed by atoms with van der Waals surface area (Å²) in [6.45, 7) is -1.46. The fourth-order valence-electron chi connectivity index (χ4n) is 2.84. The number of amides is 2. The van der Waals surface area contributed by atoms with Gasteiger partial charge in [0.15, 0.2) is 5.78 Å². The van der Waals surface area contributed by atoms with Gasteiger partial charge in [-0.25, -0.2) is 0 Å². The molecule has 8 heteroatoms. The number of hydrogen-bond donors (Lipinski definition) is 2. The van der Waals surface area contributed by atoms with Gasteiger partial charge in [0.05, 0.1) is 5.56 Å². The van der Waals surface area contributed by atoms with E-state index < -0.39 is 24.5 Å². The van der Waals surface area contributed by atoms with E-state index in [0.29, 0.717) is 5.56 Å². The van der Waals surface area contributed by atoms with Gasteiger partial charge in [0.1, 0.15) is 6.54 Å². The van der Waals surface area contributed by atoms with Crippen LogP contribution in [0.25, 0.3) is 0 Å². The predicted molar refractivity (Wildman–Crippen MR) is 109 cm³/mol. The molecular weight excluding hydrogens is 409 g/mol. The number of carbonyl (C=O) groups is 3. The van der Waals surface area contributed by atoms with Crippen molar-refractivity contribution in [2.45, 2.75) is 6.18 Å². The highest BCUT2D eigenvalue weighted by molar-refractivity contribution is 6.17. The number of carbonyl (C=O) groups excluding carboxylic acids is 3. The van der Waals surface area contributed by atoms with Crippen molar-refractivity contribution < 1.29 is 27.6 Å². The third-order valence-corrected chi connectivity index (χ3v) is 4.28. The Hall–Kier alpha value is -3.94. The number of nitrogens with one attached hydrogen (secondary N) is 2. The minimum Gasteiger partial charge on any atom is -0.343 e. The summed E-state index contributed by atoms with van der Waals surface area (Å²) in [5.74, 6) is -1.84. The van der Waals surface area contributed by atoms with E-state index in [1.54, 1.807) is 47.8 Å². The van der Waals surface area contributed by atoms with E-state index in [1.807, 2.05) is 0 Å². The summed E-state index contributed by atoms with van der Waals surface area (Å²) < 4.78 is 36.9. The molecule has 2 N–H and O–H groups in total. The zero-order valence-electron chi connectivity index (χ0n) is 16.1. The summed E-state index contributed by atoms with van der Waals surface area (Å²) in [6.07, 6.45) is -4.53. The topological polar surface area (TPSA) is 75.3 Å². The van der Waals surface area contributed by atoms with Gasteiger partial charge in [0.2, 0.25) is 0 Å². The Balaban J connectivity index is 1.79. The quantitative estimate of drug-likeness (QED) is 0.572. The number of alkyl halides is 3. The van der Waals surface area contributed by atoms with E-state index in [9.17, 15) is 27.6 Å². The number of anilines is 1. The minimum absolute atomic E-state index is 0.0457. The van der Waals surface area contributed by atoms with E-state index in [1.165, 1.54) is 36.4 Å². The molecule has 0 heterocycles. The Morgan fingerprint density at radius 1 is 0.710 bits per heavy atom. The van der Waals surface area contributed by atoms with E-state index in [2.05, 4.69) is 5.32 Å². The van der Waals surface area contributed by atoms with Gasteiger partial charge < -0.3 is 10.6 Å². The normalized spacial score (nSPS) is 10.9. The molecule has 0 saturated heterocycles. The summed E-state index contributed by atoms with van der Waals surface area (Å²) >= 11 is 0. The van der Waals surface area contributed by atoms with E-state index >= 15 is 0 Å². The maximum absolute atomic E-state index is 12.8. The Morgan fingerprint density at radius 3 is 2.00 bits per heavy atom. The molecule has 0 radical (unpaired) electrons. The molecule has 0 aliphatic rings. The van der Waals surface area contributed by atoms with Crippen molar-refractivity contribution in [2.24, 2.45) is 0 Å². The van der Waals surface area contributed by atoms with Crippen LogP contribution < -0.4 is 10.6 Å². The molecule has 2 amide bonds. The lowest BCUT2D eigenvalue weighted by molar-refractivity contribution is -0.123. The van der Waals surface area contributed by atoms with Crippen molar-refractivity contribution in [3.8, 4) is 0 Å². The third kappa shape index (κ3) is 5.79. The van der Waals surface area contributed by atoms with Crippen molar-refractivity contribution in [2.75, 3.05) is 11.9 Å². The summed E-state index contributed by atoms with van der Waals surface area (Å²) in [5.41, 5.74) is 0.905. The van der Waals surface area contributed by atoms with Crippen molar-refractivity contribution in [3.63, 3.8) is 0 Å². The first-order valence-corrected chi connectivity index (χ1v) is 9.20. The van der Waals surface area contributed by atoms with Crippen LogP contribution in [0.5, 0.6) is 0 Å². The second-order valence-corrected chi connectivity index (χ2v) is 6.57. The van der Waals surface area contributed by atoms with Crippen LogP contribution >= 0.6 is 0 Å². The molecule has 0 spiro atoms. The molecule has 31 heavy (non-hydrogen) atoms. The number of ketones is 1. The highest BCUT2D eigenvalue weighted by Crippen LogP contribution is 2.18. The van der Waals surface area contributed by atoms with Gasteiger partial charge in [-0.1, -0.05) is 54.6 Å². The second-order valence-electron chi connectivity index (χ2n) is 6.57. The number of halogens is 3. The lowest BCUT2D eigenvalue weighted by Gasteiger charge is -2.11. The van der Waals surface area contributed by atoms with Crippen LogP contribution in [0.15, 0.2) is 78.9 Å². The van der Waals surface area contributed by atoms with Gasteiger partial charge in [-0.2, -0.15) is 13.2 Å². The Kier molecular flexibility index (Phi) is 6.49. The molecule has 0 aliphatic heterocycles. The van der Waals surface area contributed by atoms with Crippen LogP contribution in [-0.4, -0.2) is 30.3 Å². The SMILES string of the molecule is O=C(NCC(F)(F)F)c1cccc(NC(=O)c2ccccc2C(=O)c2ccccc2)c1. The molecule has 3 rings (SSSR count). The van der Waals surface area contributed by atoms with Crippen LogP contribution in [0.1, 0.15) is 36.6 Å². The summed E-state index contributed by atoms with van der Waals surface area (Å²) in [7, 11) is 0. The Bertz CT molecular complexity index is 1110. The molecular formula is C23H17F3N2O3. The zero-order chi connectivity index (χ0) is 22.4. The average Bonchev–Trinajstić information content (AvgIpc) is 2.77. The molecule has 0 atom stereocenters. The van der Waals surface area contributed by atoms with Gasteiger partial charge in [-0.05, 0) is 24.3 Å². The van der Waals surface area contributed by atoms with Crippen molar-refractivity contribution >= 4 is 23.3 Å². The minimum atomic E-state index is -4.53. The molecule has 0 unspecified atom stereocenters. The second kappa shape index (κ2) is 9.25. The zero-order valence-corrected chi connectivity index (χ0v) is 16.1. The fourth-order valence-corrected chi connectivity index (χ4v) is 2.84. The van der Waals surface area contributed by atoms with E-state index in [4.69, 9.17) is 0 Å². The van der Waals surface area contributed by atoms with Crippen LogP contribution in [0.4, 0.5) is 18.9 Å². The monoisotopic (exact) mass is 426 g/mol. The summed E-state index contributed by atoms with van der Waals surface area (Å²) in [4.78, 5) is 37.5. The Morgan fingerprint density at radius 2 is 1.32 bits per heavy atom. The third-order valence-electron chi connectivity index (χ3n) is 4.28. The van der Waals surface area contributed by atoms with Crippen LogP contribution in [0.2, 0.25) is 0 Å². The first-order valence-electron chi connectivity index (χ1n) is 9.20. The molecule has 0 saturated carbocycles. The fraction of sp³-hybridized carbons (Fsp3) is 0.0870. The number of hydrogen-bond acceptors (Lipinski definition) is 3. The van der Waals surface area contributed by atoms with Crippen molar-refractivity contribution in [1.29, 1.82) is 0 Å². The van der Waals surface area contributed by atoms with Crippen molar-refractivity contribution in [3.05, 3.63) is 101 Å². The summed E-state index contributed by atoms with van der Waals surface area (Å²) in [6, 6.07) is 20.2. The molecule has 3 aromatic carbocycles. The van der Waals surface area contributed by atoms with Crippen molar-refractivity contribution in [1.82, 2.24) is 5.32 Å². The molecule has 158 valence electrons. The number of benzene rings is 3. The Labute approximate surface area is 175 Å². The molecule has 0 fully saturated rings. The summed E-state index contributed by atoms with van der Waals surface area (Å²) in [5, 5.41) is 4.35. The van der Waals surface area contributed by atoms with Gasteiger partial charge >= 0.3 is 6.18 Å². The molecule has 5 nitrogen and oxygen atoms in total. The first kappa shape index (κ1) is 21.8. The average molecular weight is 426 g/mol. The predicted octanol–water partition coefficient (Wildman–Crippen LogP) is 4.46. The maximum Gasteiger partial charge on any atom is 0.405 e. The molecule has 0 aromatic heterocycles. The number of rotatable bonds is 6. The molecule has 0 bridgehead atoms. The van der Waals surface area contributed by atoms with E-state index in [0.717, 1.165) is 0 Å². The highest BCUT2D eigenvalue weighted by atomic mass is 19.4. The van der Waals surface area contributed by atoms with Gasteiger partial charge in [-0.3, -0.25) is 14.4 Å². The van der Waals surface area contributed by atoms with Gasteiger partial charge in [0, 0.05) is 22.4 Å². The molecule has 3 aromatic rings.